The maximum Gasteiger partial charge on any atom is 0.0571 e. The fourth-order valence-corrected chi connectivity index (χ4v) is 3.42. The highest BCUT2D eigenvalue weighted by molar-refractivity contribution is 5.29. The highest BCUT2D eigenvalue weighted by Crippen LogP contribution is 2.33. The van der Waals surface area contributed by atoms with Gasteiger partial charge in [0.2, 0.25) is 0 Å². The van der Waals surface area contributed by atoms with Crippen molar-refractivity contribution in [2.75, 3.05) is 0 Å². The smallest absolute Gasteiger partial charge is 0.0571 e. The van der Waals surface area contributed by atoms with Gasteiger partial charge in [0.15, 0.2) is 0 Å². The van der Waals surface area contributed by atoms with Crippen molar-refractivity contribution in [3.63, 3.8) is 0 Å². The molecule has 0 saturated heterocycles. The molecule has 0 bridgehead atoms. The van der Waals surface area contributed by atoms with Crippen LogP contribution in [0.4, 0.5) is 0 Å². The van der Waals surface area contributed by atoms with Gasteiger partial charge in [0.25, 0.3) is 0 Å². The summed E-state index contributed by atoms with van der Waals surface area (Å²) in [6.45, 7) is 6.58. The number of aryl methyl sites for hydroxylation is 2. The molecule has 1 aromatic carbocycles. The van der Waals surface area contributed by atoms with Crippen LogP contribution in [-0.4, -0.2) is 11.2 Å². The van der Waals surface area contributed by atoms with Gasteiger partial charge < -0.3 is 5.11 Å². The molecule has 2 rings (SSSR count). The van der Waals surface area contributed by atoms with Gasteiger partial charge >= 0.3 is 0 Å². The minimum Gasteiger partial charge on any atom is -0.393 e. The van der Waals surface area contributed by atoms with Crippen molar-refractivity contribution >= 4 is 0 Å². The molecule has 0 aromatic heterocycles. The monoisotopic (exact) mass is 246 g/mol. The van der Waals surface area contributed by atoms with Crippen LogP contribution in [0, 0.1) is 25.7 Å². The molecular weight excluding hydrogens is 220 g/mol. The third kappa shape index (κ3) is 3.35. The third-order valence-corrected chi connectivity index (χ3v) is 4.41. The summed E-state index contributed by atoms with van der Waals surface area (Å²) in [5.74, 6) is 1.29. The van der Waals surface area contributed by atoms with E-state index in [4.69, 9.17) is 0 Å². The van der Waals surface area contributed by atoms with E-state index in [0.717, 1.165) is 18.8 Å². The minimum absolute atomic E-state index is 0.0892. The van der Waals surface area contributed by atoms with Gasteiger partial charge in [0, 0.05) is 0 Å². The van der Waals surface area contributed by atoms with Crippen LogP contribution in [-0.2, 0) is 6.42 Å². The summed E-state index contributed by atoms with van der Waals surface area (Å²) in [6.07, 6.45) is 5.62. The Morgan fingerprint density at radius 2 is 1.78 bits per heavy atom. The largest absolute Gasteiger partial charge is 0.393 e. The number of benzene rings is 1. The Morgan fingerprint density at radius 3 is 2.39 bits per heavy atom. The molecule has 1 aliphatic carbocycles. The second kappa shape index (κ2) is 5.88. The van der Waals surface area contributed by atoms with Crippen LogP contribution in [0.3, 0.4) is 0 Å². The Hall–Kier alpha value is -0.820. The first-order chi connectivity index (χ1) is 8.58. The maximum absolute atomic E-state index is 10.2. The van der Waals surface area contributed by atoms with E-state index in [0.29, 0.717) is 5.92 Å². The van der Waals surface area contributed by atoms with E-state index in [1.807, 2.05) is 0 Å². The molecule has 1 heteroatoms. The second-order valence-corrected chi connectivity index (χ2v) is 6.11. The second-order valence-electron chi connectivity index (χ2n) is 6.11. The fourth-order valence-electron chi connectivity index (χ4n) is 3.42. The lowest BCUT2D eigenvalue weighted by atomic mass is 9.75. The quantitative estimate of drug-likeness (QED) is 0.853. The Balaban J connectivity index is 2.06. The zero-order valence-electron chi connectivity index (χ0n) is 11.9. The number of aliphatic hydroxyl groups excluding tert-OH is 1. The minimum atomic E-state index is -0.0892. The average Bonchev–Trinajstić information content (AvgIpc) is 2.30. The SMILES string of the molecule is CCC1CCC(O)C(Cc2cc(C)cc(C)c2)C1. The Bertz CT molecular complexity index is 376. The molecular formula is C17H26O. The highest BCUT2D eigenvalue weighted by Gasteiger charge is 2.28. The zero-order chi connectivity index (χ0) is 13.1. The standard InChI is InChI=1S/C17H26O/c1-4-14-5-6-17(18)16(10-14)11-15-8-12(2)7-13(3)9-15/h7-9,14,16-18H,4-6,10-11H2,1-3H3. The Labute approximate surface area is 111 Å². The molecule has 1 N–H and O–H groups in total. The number of aliphatic hydroxyl groups is 1. The van der Waals surface area contributed by atoms with Crippen LogP contribution in [0.5, 0.6) is 0 Å². The van der Waals surface area contributed by atoms with Crippen LogP contribution >= 0.6 is 0 Å². The lowest BCUT2D eigenvalue weighted by molar-refractivity contribution is 0.0475. The van der Waals surface area contributed by atoms with E-state index in [9.17, 15) is 5.11 Å². The van der Waals surface area contributed by atoms with Crippen LogP contribution in [0.25, 0.3) is 0 Å². The normalized spacial score (nSPS) is 28.3. The Kier molecular flexibility index (Phi) is 4.45. The highest BCUT2D eigenvalue weighted by atomic mass is 16.3. The van der Waals surface area contributed by atoms with Crippen molar-refractivity contribution in [2.45, 2.75) is 59.0 Å². The first kappa shape index (κ1) is 13.6. The van der Waals surface area contributed by atoms with Crippen molar-refractivity contribution < 1.29 is 5.11 Å². The van der Waals surface area contributed by atoms with Crippen molar-refractivity contribution in [1.29, 1.82) is 0 Å². The van der Waals surface area contributed by atoms with Gasteiger partial charge in [-0.15, -0.1) is 0 Å². The van der Waals surface area contributed by atoms with Gasteiger partial charge in [-0.1, -0.05) is 42.7 Å². The summed E-state index contributed by atoms with van der Waals surface area (Å²) in [7, 11) is 0. The van der Waals surface area contributed by atoms with E-state index in [-0.39, 0.29) is 6.10 Å². The zero-order valence-corrected chi connectivity index (χ0v) is 11.9. The molecule has 0 amide bonds. The van der Waals surface area contributed by atoms with Crippen molar-refractivity contribution in [2.24, 2.45) is 11.8 Å². The van der Waals surface area contributed by atoms with Gasteiger partial charge in [-0.3, -0.25) is 0 Å². The topological polar surface area (TPSA) is 20.2 Å². The maximum atomic E-state index is 10.2. The lowest BCUT2D eigenvalue weighted by Crippen LogP contribution is -2.30. The molecule has 3 unspecified atom stereocenters. The van der Waals surface area contributed by atoms with Gasteiger partial charge in [-0.05, 0) is 56.9 Å². The summed E-state index contributed by atoms with van der Waals surface area (Å²) in [6, 6.07) is 6.76. The number of rotatable bonds is 3. The van der Waals surface area contributed by atoms with Crippen LogP contribution < -0.4 is 0 Å². The van der Waals surface area contributed by atoms with E-state index in [1.54, 1.807) is 0 Å². The van der Waals surface area contributed by atoms with Crippen molar-refractivity contribution in [3.05, 3.63) is 34.9 Å². The molecule has 3 atom stereocenters. The molecule has 0 radical (unpaired) electrons. The summed E-state index contributed by atoms with van der Waals surface area (Å²) in [4.78, 5) is 0. The van der Waals surface area contributed by atoms with Gasteiger partial charge in [-0.2, -0.15) is 0 Å². The van der Waals surface area contributed by atoms with Gasteiger partial charge in [0.1, 0.15) is 0 Å². The molecule has 0 aliphatic heterocycles. The first-order valence-electron chi connectivity index (χ1n) is 7.33. The number of hydrogen-bond acceptors (Lipinski definition) is 1. The molecule has 18 heavy (non-hydrogen) atoms. The van der Waals surface area contributed by atoms with E-state index in [2.05, 4.69) is 39.0 Å². The fraction of sp³-hybridized carbons (Fsp3) is 0.647. The van der Waals surface area contributed by atoms with Gasteiger partial charge in [0.05, 0.1) is 6.10 Å². The summed E-state index contributed by atoms with van der Waals surface area (Å²) < 4.78 is 0. The van der Waals surface area contributed by atoms with E-state index in [1.165, 1.54) is 36.0 Å². The van der Waals surface area contributed by atoms with Crippen LogP contribution in [0.2, 0.25) is 0 Å². The van der Waals surface area contributed by atoms with Crippen LogP contribution in [0.15, 0.2) is 18.2 Å². The molecule has 1 fully saturated rings. The first-order valence-corrected chi connectivity index (χ1v) is 7.33. The number of hydrogen-bond donors (Lipinski definition) is 1. The van der Waals surface area contributed by atoms with Crippen molar-refractivity contribution in [1.82, 2.24) is 0 Å². The van der Waals surface area contributed by atoms with Crippen LogP contribution in [0.1, 0.15) is 49.3 Å². The predicted molar refractivity (Wildman–Crippen MR) is 76.7 cm³/mol. The summed E-state index contributed by atoms with van der Waals surface area (Å²) in [5.41, 5.74) is 4.07. The molecule has 0 heterocycles. The molecule has 1 saturated carbocycles. The summed E-state index contributed by atoms with van der Waals surface area (Å²) >= 11 is 0. The van der Waals surface area contributed by atoms with E-state index >= 15 is 0 Å². The molecule has 1 aromatic rings. The molecule has 1 aliphatic rings. The lowest BCUT2D eigenvalue weighted by Gasteiger charge is -2.33. The predicted octanol–water partition coefficient (Wildman–Crippen LogP) is 4.03. The summed E-state index contributed by atoms with van der Waals surface area (Å²) in [5, 5.41) is 10.2. The van der Waals surface area contributed by atoms with Gasteiger partial charge in [-0.25, -0.2) is 0 Å². The Morgan fingerprint density at radius 1 is 1.11 bits per heavy atom. The molecule has 100 valence electrons. The third-order valence-electron chi connectivity index (χ3n) is 4.41. The molecule has 0 spiro atoms. The molecule has 1 nitrogen and oxygen atoms in total. The van der Waals surface area contributed by atoms with E-state index < -0.39 is 0 Å². The van der Waals surface area contributed by atoms with Crippen molar-refractivity contribution in [3.8, 4) is 0 Å². The average molecular weight is 246 g/mol.